The van der Waals surface area contributed by atoms with Crippen LogP contribution in [-0.4, -0.2) is 36.1 Å². The smallest absolute Gasteiger partial charge is 0.408 e. The fourth-order valence-electron chi connectivity index (χ4n) is 0.997. The van der Waals surface area contributed by atoms with E-state index in [-0.39, 0.29) is 12.4 Å². The van der Waals surface area contributed by atoms with Crippen molar-refractivity contribution in [2.24, 2.45) is 0 Å². The van der Waals surface area contributed by atoms with Crippen molar-refractivity contribution in [2.45, 2.75) is 52.2 Å². The first-order valence-electron chi connectivity index (χ1n) is 6.46. The number of hydrogen-bond acceptors (Lipinski definition) is 5. The van der Waals surface area contributed by atoms with Crippen LogP contribution >= 0.6 is 12.6 Å². The molecule has 0 aliphatic rings. The number of esters is 1. The lowest BCUT2D eigenvalue weighted by Gasteiger charge is -2.22. The molecular formula is C12H23NO4S. The Labute approximate surface area is 115 Å². The number of amides is 1. The van der Waals surface area contributed by atoms with E-state index < -0.39 is 23.7 Å². The van der Waals surface area contributed by atoms with Crippen LogP contribution in [0.5, 0.6) is 0 Å². The van der Waals surface area contributed by atoms with E-state index >= 15 is 0 Å². The number of carbonyl (C=O) groups is 2. The summed E-state index contributed by atoms with van der Waals surface area (Å²) in [5, 5.41) is 0.479. The molecular weight excluding hydrogens is 254 g/mol. The normalized spacial score (nSPS) is 13.5. The predicted octanol–water partition coefficient (Wildman–Crippen LogP) is 2.15. The molecule has 6 heteroatoms. The van der Waals surface area contributed by atoms with Gasteiger partial charge in [-0.2, -0.15) is 12.6 Å². The number of thiol groups is 1. The van der Waals surface area contributed by atoms with Gasteiger partial charge in [0.2, 0.25) is 0 Å². The fourth-order valence-corrected chi connectivity index (χ4v) is 1.23. The first-order chi connectivity index (χ1) is 8.72. The van der Waals surface area contributed by atoms with Crippen LogP contribution in [0.1, 0.15) is 40.5 Å². The molecule has 0 saturated carbocycles. The van der Waals surface area contributed by atoms with Gasteiger partial charge in [-0.25, -0.2) is 9.59 Å². The Morgan fingerprint density at radius 1 is 1.44 bits per heavy atom. The third-order valence-corrected chi connectivity index (χ3v) is 2.19. The van der Waals surface area contributed by atoms with Crippen molar-refractivity contribution < 1.29 is 20.5 Å². The third kappa shape index (κ3) is 8.22. The molecule has 0 spiro atoms. The molecule has 0 bridgehead atoms. The van der Waals surface area contributed by atoms with Crippen molar-refractivity contribution in [3.05, 3.63) is 0 Å². The number of nitrogens with one attached hydrogen (secondary N) is 1. The van der Waals surface area contributed by atoms with E-state index in [0.717, 1.165) is 12.8 Å². The van der Waals surface area contributed by atoms with Crippen LogP contribution in [0, 0.1) is 0 Å². The molecule has 1 amide bonds. The van der Waals surface area contributed by atoms with Gasteiger partial charge in [-0.1, -0.05) is 13.3 Å². The largest absolute Gasteiger partial charge is 0.464 e. The highest BCUT2D eigenvalue weighted by Gasteiger charge is 2.24. The van der Waals surface area contributed by atoms with Crippen LogP contribution < -0.4 is 5.31 Å². The second-order valence-electron chi connectivity index (χ2n) is 4.83. The average Bonchev–Trinajstić information content (AvgIpc) is 2.27. The van der Waals surface area contributed by atoms with Gasteiger partial charge in [-0.05, 0) is 27.2 Å². The molecule has 0 heterocycles. The maximum absolute atomic E-state index is 11.7. The number of rotatable bonds is 6. The molecule has 0 unspecified atom stereocenters. The van der Waals surface area contributed by atoms with Crippen LogP contribution in [0.4, 0.5) is 4.79 Å². The maximum Gasteiger partial charge on any atom is 0.408 e. The number of hydrogen-bond donors (Lipinski definition) is 2. The van der Waals surface area contributed by atoms with Crippen molar-refractivity contribution in [3.8, 4) is 0 Å². The molecule has 0 aromatic rings. The lowest BCUT2D eigenvalue weighted by Crippen LogP contribution is -2.45. The topological polar surface area (TPSA) is 64.6 Å². The van der Waals surface area contributed by atoms with Crippen molar-refractivity contribution >= 4 is 24.7 Å². The molecule has 0 aliphatic carbocycles. The average molecular weight is 279 g/mol. The van der Waals surface area contributed by atoms with Gasteiger partial charge in [-0.3, -0.25) is 0 Å². The lowest BCUT2D eigenvalue weighted by atomic mass is 10.2. The minimum atomic E-state index is -1.06. The first kappa shape index (κ1) is 15.1. The zero-order chi connectivity index (χ0) is 15.1. The molecule has 0 radical (unpaired) electrons. The molecule has 0 aliphatic heterocycles. The Balaban J connectivity index is 4.49. The highest BCUT2D eigenvalue weighted by molar-refractivity contribution is 7.80. The van der Waals surface area contributed by atoms with Crippen molar-refractivity contribution in [3.63, 3.8) is 0 Å². The number of alkyl carbamates (subject to hydrolysis) is 1. The summed E-state index contributed by atoms with van der Waals surface area (Å²) in [5.74, 6) is -0.627. The minimum absolute atomic E-state index is 0.00764. The molecule has 0 fully saturated rings. The van der Waals surface area contributed by atoms with Gasteiger partial charge in [0.05, 0.1) is 6.61 Å². The zero-order valence-electron chi connectivity index (χ0n) is 12.4. The van der Waals surface area contributed by atoms with Crippen molar-refractivity contribution in [1.29, 1.82) is 0 Å². The maximum atomic E-state index is 11.7. The third-order valence-electron chi connectivity index (χ3n) is 1.84. The monoisotopic (exact) mass is 279 g/mol. The number of ether oxygens (including phenoxy) is 2. The van der Waals surface area contributed by atoms with Gasteiger partial charge in [0.15, 0.2) is 1.41 Å². The summed E-state index contributed by atoms with van der Waals surface area (Å²) >= 11 is 3.98. The molecule has 1 N–H and O–H groups in total. The molecule has 0 aromatic heterocycles. The number of carbonyl (C=O) groups excluding carboxylic acids is 2. The number of unbranched alkanes of at least 4 members (excludes halogenated alkanes) is 1. The first-order valence-corrected chi connectivity index (χ1v) is 6.64. The Kier molecular flexibility index (Phi) is 6.93. The van der Waals surface area contributed by atoms with E-state index in [1.54, 1.807) is 20.8 Å². The van der Waals surface area contributed by atoms with Crippen LogP contribution in [0.15, 0.2) is 0 Å². The molecule has 0 saturated heterocycles. The summed E-state index contributed by atoms with van der Waals surface area (Å²) in [6, 6.07) is -1.06. The second kappa shape index (κ2) is 8.24. The molecule has 1 atom stereocenters. The van der Waals surface area contributed by atoms with E-state index in [1.807, 2.05) is 6.92 Å². The highest BCUT2D eigenvalue weighted by Crippen LogP contribution is 2.07. The molecule has 0 aromatic carbocycles. The molecule has 18 heavy (non-hydrogen) atoms. The molecule has 0 rings (SSSR count). The Morgan fingerprint density at radius 3 is 2.50 bits per heavy atom. The van der Waals surface area contributed by atoms with Crippen LogP contribution in [0.25, 0.3) is 0 Å². The SMILES string of the molecule is [3H]N(C(=O)OC(C)(C)C)[C@@H](CS)C(=O)OCCCC. The van der Waals surface area contributed by atoms with Gasteiger partial charge < -0.3 is 14.8 Å². The molecule has 106 valence electrons. The van der Waals surface area contributed by atoms with Gasteiger partial charge in [0.25, 0.3) is 0 Å². The summed E-state index contributed by atoms with van der Waals surface area (Å²) in [7, 11) is 0. The Hall–Kier alpha value is -0.910. The van der Waals surface area contributed by atoms with E-state index in [0.29, 0.717) is 5.31 Å². The summed E-state index contributed by atoms with van der Waals surface area (Å²) < 4.78 is 17.6. The second-order valence-corrected chi connectivity index (χ2v) is 5.19. The minimum Gasteiger partial charge on any atom is -0.464 e. The molecule has 5 nitrogen and oxygen atoms in total. The van der Waals surface area contributed by atoms with Gasteiger partial charge in [-0.15, -0.1) is 0 Å². The summed E-state index contributed by atoms with van der Waals surface area (Å²) in [4.78, 5) is 23.4. The van der Waals surface area contributed by atoms with E-state index in [2.05, 4.69) is 12.6 Å². The van der Waals surface area contributed by atoms with Gasteiger partial charge in [0.1, 0.15) is 11.6 Å². The zero-order valence-corrected chi connectivity index (χ0v) is 12.3. The summed E-state index contributed by atoms with van der Waals surface area (Å²) in [6.45, 7) is 7.32. The van der Waals surface area contributed by atoms with E-state index in [1.165, 1.54) is 0 Å². The lowest BCUT2D eigenvalue weighted by molar-refractivity contribution is -0.145. The van der Waals surface area contributed by atoms with Crippen LogP contribution in [-0.2, 0) is 14.3 Å². The van der Waals surface area contributed by atoms with Gasteiger partial charge >= 0.3 is 12.1 Å². The van der Waals surface area contributed by atoms with Crippen molar-refractivity contribution in [2.75, 3.05) is 12.4 Å². The standard InChI is InChI=1S/C12H23NO4S/c1-5-6-7-16-10(14)9(8-18)13-11(15)17-12(2,3)4/h9,18H,5-8H2,1-4H3,(H,13,15)/t9-/m0/s1/i/hT. The van der Waals surface area contributed by atoms with E-state index in [4.69, 9.17) is 10.9 Å². The highest BCUT2D eigenvalue weighted by atomic mass is 32.1. The predicted molar refractivity (Wildman–Crippen MR) is 72.9 cm³/mol. The van der Waals surface area contributed by atoms with E-state index in [9.17, 15) is 9.59 Å². The summed E-state index contributed by atoms with van der Waals surface area (Å²) in [5.41, 5.74) is -0.719. The Morgan fingerprint density at radius 2 is 2.06 bits per heavy atom. The van der Waals surface area contributed by atoms with Gasteiger partial charge in [0, 0.05) is 5.75 Å². The van der Waals surface area contributed by atoms with Crippen LogP contribution in [0.3, 0.4) is 0 Å². The quantitative estimate of drug-likeness (QED) is 0.444. The Bertz CT molecular complexity index is 307. The van der Waals surface area contributed by atoms with Crippen molar-refractivity contribution in [1.82, 2.24) is 5.31 Å². The van der Waals surface area contributed by atoms with Crippen LogP contribution in [0.2, 0.25) is 1.41 Å². The summed E-state index contributed by atoms with van der Waals surface area (Å²) in [6.07, 6.45) is 0.754. The fraction of sp³-hybridized carbons (Fsp3) is 0.833.